The number of hydrogen-bond acceptors (Lipinski definition) is 1. The van der Waals surface area contributed by atoms with Gasteiger partial charge in [0.1, 0.15) is 0 Å². The Morgan fingerprint density at radius 2 is 2.06 bits per heavy atom. The van der Waals surface area contributed by atoms with Gasteiger partial charge in [-0.25, -0.2) is 4.79 Å². The smallest absolute Gasteiger partial charge is 0.314 e. The first-order valence-corrected chi connectivity index (χ1v) is 6.28. The van der Waals surface area contributed by atoms with Gasteiger partial charge in [0.2, 0.25) is 0 Å². The summed E-state index contributed by atoms with van der Waals surface area (Å²) in [4.78, 5) is 11.2. The standard InChI is InChI=1S/C12H17BrN2O/c1-2-7-14-12(16)15-8-6-10-4-3-5-11(13)9-10/h3-5,9H,2,6-8H2,1H3,(H2,14,15,16). The number of hydrogen-bond donors (Lipinski definition) is 2. The predicted molar refractivity (Wildman–Crippen MR) is 69.5 cm³/mol. The lowest BCUT2D eigenvalue weighted by Crippen LogP contribution is -2.36. The summed E-state index contributed by atoms with van der Waals surface area (Å²) in [5.41, 5.74) is 1.21. The highest BCUT2D eigenvalue weighted by atomic mass is 79.9. The van der Waals surface area contributed by atoms with Gasteiger partial charge in [0.05, 0.1) is 0 Å². The Kier molecular flexibility index (Phi) is 5.93. The molecule has 0 bridgehead atoms. The van der Waals surface area contributed by atoms with E-state index < -0.39 is 0 Å². The van der Waals surface area contributed by atoms with Crippen LogP contribution in [0.3, 0.4) is 0 Å². The zero-order valence-electron chi connectivity index (χ0n) is 9.42. The summed E-state index contributed by atoms with van der Waals surface area (Å²) in [5, 5.41) is 5.59. The number of nitrogens with one attached hydrogen (secondary N) is 2. The van der Waals surface area contributed by atoms with Crippen molar-refractivity contribution >= 4 is 22.0 Å². The number of benzene rings is 1. The molecule has 16 heavy (non-hydrogen) atoms. The Morgan fingerprint density at radius 3 is 2.75 bits per heavy atom. The van der Waals surface area contributed by atoms with E-state index in [-0.39, 0.29) is 6.03 Å². The summed E-state index contributed by atoms with van der Waals surface area (Å²) in [5.74, 6) is 0. The van der Waals surface area contributed by atoms with Crippen molar-refractivity contribution < 1.29 is 4.79 Å². The number of carbonyl (C=O) groups is 1. The Balaban J connectivity index is 2.22. The Labute approximate surface area is 105 Å². The molecule has 0 saturated heterocycles. The molecular formula is C12H17BrN2O. The molecule has 0 fully saturated rings. The van der Waals surface area contributed by atoms with Crippen molar-refractivity contribution in [1.82, 2.24) is 10.6 Å². The molecular weight excluding hydrogens is 268 g/mol. The van der Waals surface area contributed by atoms with E-state index >= 15 is 0 Å². The molecule has 0 heterocycles. The lowest BCUT2D eigenvalue weighted by Gasteiger charge is -2.06. The van der Waals surface area contributed by atoms with E-state index in [4.69, 9.17) is 0 Å². The minimum absolute atomic E-state index is 0.0863. The fraction of sp³-hybridized carbons (Fsp3) is 0.417. The topological polar surface area (TPSA) is 41.1 Å². The van der Waals surface area contributed by atoms with Crippen LogP contribution in [-0.2, 0) is 6.42 Å². The summed E-state index contributed by atoms with van der Waals surface area (Å²) in [7, 11) is 0. The number of carbonyl (C=O) groups excluding carboxylic acids is 1. The molecule has 1 aromatic rings. The number of amides is 2. The summed E-state index contributed by atoms with van der Waals surface area (Å²) in [6.45, 7) is 3.41. The summed E-state index contributed by atoms with van der Waals surface area (Å²) >= 11 is 3.42. The molecule has 0 aliphatic rings. The fourth-order valence-corrected chi connectivity index (χ4v) is 1.76. The molecule has 3 nitrogen and oxygen atoms in total. The molecule has 0 spiro atoms. The van der Waals surface area contributed by atoms with E-state index in [9.17, 15) is 4.79 Å². The summed E-state index contributed by atoms with van der Waals surface area (Å²) in [6.07, 6.45) is 1.80. The van der Waals surface area contributed by atoms with Crippen LogP contribution in [0, 0.1) is 0 Å². The minimum Gasteiger partial charge on any atom is -0.338 e. The van der Waals surface area contributed by atoms with Gasteiger partial charge in [-0.05, 0) is 30.5 Å². The van der Waals surface area contributed by atoms with Crippen LogP contribution in [0.15, 0.2) is 28.7 Å². The van der Waals surface area contributed by atoms with Crippen LogP contribution < -0.4 is 10.6 Å². The second kappa shape index (κ2) is 7.28. The molecule has 0 aromatic heterocycles. The van der Waals surface area contributed by atoms with Crippen LogP contribution in [0.4, 0.5) is 4.79 Å². The fourth-order valence-electron chi connectivity index (χ4n) is 1.31. The Morgan fingerprint density at radius 1 is 1.31 bits per heavy atom. The molecule has 0 aliphatic carbocycles. The van der Waals surface area contributed by atoms with Gasteiger partial charge in [0, 0.05) is 17.6 Å². The maximum atomic E-state index is 11.2. The highest BCUT2D eigenvalue weighted by molar-refractivity contribution is 9.10. The lowest BCUT2D eigenvalue weighted by molar-refractivity contribution is 0.241. The maximum absolute atomic E-state index is 11.2. The largest absolute Gasteiger partial charge is 0.338 e. The first kappa shape index (κ1) is 13.0. The average Bonchev–Trinajstić information content (AvgIpc) is 2.26. The van der Waals surface area contributed by atoms with Crippen LogP contribution in [0.2, 0.25) is 0 Å². The van der Waals surface area contributed by atoms with E-state index in [2.05, 4.69) is 38.7 Å². The molecule has 0 atom stereocenters. The van der Waals surface area contributed by atoms with Gasteiger partial charge >= 0.3 is 6.03 Å². The van der Waals surface area contributed by atoms with E-state index in [1.807, 2.05) is 19.1 Å². The lowest BCUT2D eigenvalue weighted by atomic mass is 10.1. The third-order valence-corrected chi connectivity index (χ3v) is 2.62. The first-order valence-electron chi connectivity index (χ1n) is 5.48. The van der Waals surface area contributed by atoms with Crippen molar-refractivity contribution in [1.29, 1.82) is 0 Å². The molecule has 1 aromatic carbocycles. The molecule has 0 saturated carbocycles. The van der Waals surface area contributed by atoms with Crippen molar-refractivity contribution in [2.24, 2.45) is 0 Å². The number of urea groups is 1. The van der Waals surface area contributed by atoms with Gasteiger partial charge in [-0.3, -0.25) is 0 Å². The minimum atomic E-state index is -0.0863. The highest BCUT2D eigenvalue weighted by Gasteiger charge is 1.98. The highest BCUT2D eigenvalue weighted by Crippen LogP contribution is 2.11. The van der Waals surface area contributed by atoms with Gasteiger partial charge in [0.25, 0.3) is 0 Å². The molecule has 4 heteroatoms. The van der Waals surface area contributed by atoms with E-state index in [1.165, 1.54) is 5.56 Å². The van der Waals surface area contributed by atoms with Crippen molar-refractivity contribution in [2.45, 2.75) is 19.8 Å². The number of halogens is 1. The quantitative estimate of drug-likeness (QED) is 0.858. The Hall–Kier alpha value is -1.03. The van der Waals surface area contributed by atoms with Crippen LogP contribution in [-0.4, -0.2) is 19.1 Å². The summed E-state index contributed by atoms with van der Waals surface area (Å²) < 4.78 is 1.07. The van der Waals surface area contributed by atoms with Gasteiger partial charge in [-0.2, -0.15) is 0 Å². The van der Waals surface area contributed by atoms with Crippen LogP contribution in [0.25, 0.3) is 0 Å². The summed E-state index contributed by atoms with van der Waals surface area (Å²) in [6, 6.07) is 8.01. The Bertz CT molecular complexity index is 342. The molecule has 2 amide bonds. The van der Waals surface area contributed by atoms with Gasteiger partial charge in [-0.15, -0.1) is 0 Å². The number of rotatable bonds is 5. The van der Waals surface area contributed by atoms with Crippen LogP contribution >= 0.6 is 15.9 Å². The van der Waals surface area contributed by atoms with Gasteiger partial charge in [0.15, 0.2) is 0 Å². The third-order valence-electron chi connectivity index (χ3n) is 2.12. The molecule has 2 N–H and O–H groups in total. The van der Waals surface area contributed by atoms with Crippen molar-refractivity contribution in [3.8, 4) is 0 Å². The third kappa shape index (κ3) is 5.16. The first-order chi connectivity index (χ1) is 7.72. The van der Waals surface area contributed by atoms with E-state index in [0.29, 0.717) is 6.54 Å². The second-order valence-electron chi connectivity index (χ2n) is 3.56. The SMILES string of the molecule is CCCNC(=O)NCCc1cccc(Br)c1. The van der Waals surface area contributed by atoms with Crippen molar-refractivity contribution in [3.63, 3.8) is 0 Å². The van der Waals surface area contributed by atoms with Crippen molar-refractivity contribution in [2.75, 3.05) is 13.1 Å². The van der Waals surface area contributed by atoms with E-state index in [1.54, 1.807) is 0 Å². The van der Waals surface area contributed by atoms with E-state index in [0.717, 1.165) is 23.9 Å². The van der Waals surface area contributed by atoms with Crippen LogP contribution in [0.1, 0.15) is 18.9 Å². The average molecular weight is 285 g/mol. The predicted octanol–water partition coefficient (Wildman–Crippen LogP) is 2.70. The monoisotopic (exact) mass is 284 g/mol. The van der Waals surface area contributed by atoms with Gasteiger partial charge in [-0.1, -0.05) is 35.0 Å². The molecule has 0 aliphatic heterocycles. The second-order valence-corrected chi connectivity index (χ2v) is 4.48. The zero-order chi connectivity index (χ0) is 11.8. The van der Waals surface area contributed by atoms with Crippen molar-refractivity contribution in [3.05, 3.63) is 34.3 Å². The normalized spacial score (nSPS) is 9.88. The molecule has 0 radical (unpaired) electrons. The molecule has 1 rings (SSSR count). The maximum Gasteiger partial charge on any atom is 0.314 e. The van der Waals surface area contributed by atoms with Gasteiger partial charge < -0.3 is 10.6 Å². The molecule has 88 valence electrons. The molecule has 0 unspecified atom stereocenters. The van der Waals surface area contributed by atoms with Crippen LogP contribution in [0.5, 0.6) is 0 Å². The zero-order valence-corrected chi connectivity index (χ0v) is 11.0.